The second-order valence-corrected chi connectivity index (χ2v) is 4.86. The molecular formula is C13H18ClN7. The van der Waals surface area contributed by atoms with E-state index in [9.17, 15) is 0 Å². The number of nitrogens with one attached hydrogen (secondary N) is 4. The molecule has 8 heteroatoms. The summed E-state index contributed by atoms with van der Waals surface area (Å²) in [6.45, 7) is 6.94. The molecule has 0 bridgehead atoms. The molecule has 4 N–H and O–H groups in total. The Morgan fingerprint density at radius 1 is 0.857 bits per heavy atom. The smallest absolute Gasteiger partial charge is 0.233 e. The molecule has 0 unspecified atom stereocenters. The first kappa shape index (κ1) is 16.8. The Bertz CT molecular complexity index is 569. The number of aromatic nitrogens is 3. The van der Waals surface area contributed by atoms with Crippen molar-refractivity contribution in [3.63, 3.8) is 0 Å². The molecule has 0 fully saturated rings. The quantitative estimate of drug-likeness (QED) is 0.603. The minimum Gasteiger partial charge on any atom is -0.328 e. The van der Waals surface area contributed by atoms with Crippen LogP contribution in [0.15, 0.2) is 23.5 Å². The minimum absolute atomic E-state index is 0.0498. The first-order valence-corrected chi connectivity index (χ1v) is 6.56. The van der Waals surface area contributed by atoms with Crippen LogP contribution in [-0.4, -0.2) is 26.4 Å². The van der Waals surface area contributed by atoms with Gasteiger partial charge in [0, 0.05) is 22.8 Å². The lowest BCUT2D eigenvalue weighted by Gasteiger charge is -2.08. The highest BCUT2D eigenvalue weighted by Gasteiger charge is 2.05. The van der Waals surface area contributed by atoms with Crippen LogP contribution in [0.5, 0.6) is 0 Å². The summed E-state index contributed by atoms with van der Waals surface area (Å²) in [6.07, 6.45) is 3.29. The van der Waals surface area contributed by atoms with E-state index in [0.717, 1.165) is 11.4 Å². The molecule has 0 saturated heterocycles. The van der Waals surface area contributed by atoms with Crippen molar-refractivity contribution in [1.29, 1.82) is 10.8 Å². The third kappa shape index (κ3) is 6.62. The highest BCUT2D eigenvalue weighted by atomic mass is 35.5. The second kappa shape index (κ2) is 7.49. The summed E-state index contributed by atoms with van der Waals surface area (Å²) in [4.78, 5) is 12.1. The Labute approximate surface area is 128 Å². The van der Waals surface area contributed by atoms with Crippen LogP contribution in [0.25, 0.3) is 0 Å². The van der Waals surface area contributed by atoms with Gasteiger partial charge in [-0.05, 0) is 51.4 Å². The summed E-state index contributed by atoms with van der Waals surface area (Å²) < 4.78 is 0. The van der Waals surface area contributed by atoms with Crippen LogP contribution in [0.4, 0.5) is 11.9 Å². The minimum atomic E-state index is 0.0498. The Morgan fingerprint density at radius 3 is 1.57 bits per heavy atom. The Balaban J connectivity index is 2.95. The predicted octanol–water partition coefficient (Wildman–Crippen LogP) is 3.24. The fourth-order valence-electron chi connectivity index (χ4n) is 1.54. The Kier molecular flexibility index (Phi) is 5.98. The molecule has 0 amide bonds. The Hall–Kier alpha value is -2.28. The van der Waals surface area contributed by atoms with Crippen LogP contribution in [0.3, 0.4) is 0 Å². The summed E-state index contributed by atoms with van der Waals surface area (Å²) in [5.74, 6) is 0.568. The zero-order valence-corrected chi connectivity index (χ0v) is 13.1. The van der Waals surface area contributed by atoms with Crippen LogP contribution >= 0.6 is 11.6 Å². The number of allylic oxidation sites excluding steroid dienone is 4. The highest BCUT2D eigenvalue weighted by molar-refractivity contribution is 6.28. The van der Waals surface area contributed by atoms with Crippen molar-refractivity contribution >= 4 is 34.9 Å². The molecule has 1 heterocycles. The van der Waals surface area contributed by atoms with E-state index >= 15 is 0 Å². The molecule has 1 aromatic heterocycles. The van der Waals surface area contributed by atoms with E-state index in [1.807, 2.05) is 0 Å². The molecule has 0 saturated carbocycles. The molecule has 0 aliphatic heterocycles. The van der Waals surface area contributed by atoms with E-state index in [2.05, 4.69) is 25.6 Å². The Morgan fingerprint density at radius 2 is 1.24 bits per heavy atom. The van der Waals surface area contributed by atoms with Gasteiger partial charge in [-0.25, -0.2) is 0 Å². The maximum absolute atomic E-state index is 7.40. The molecule has 0 aliphatic rings. The van der Waals surface area contributed by atoms with Crippen molar-refractivity contribution in [3.8, 4) is 0 Å². The van der Waals surface area contributed by atoms with Gasteiger partial charge in [-0.3, -0.25) is 0 Å². The third-order valence-corrected chi connectivity index (χ3v) is 2.26. The lowest BCUT2D eigenvalue weighted by molar-refractivity contribution is 1.04. The average molecular weight is 308 g/mol. The largest absolute Gasteiger partial charge is 0.328 e. The first-order valence-electron chi connectivity index (χ1n) is 6.19. The molecule has 0 spiro atoms. The van der Waals surface area contributed by atoms with Gasteiger partial charge in [0.25, 0.3) is 0 Å². The summed E-state index contributed by atoms with van der Waals surface area (Å²) >= 11 is 5.86. The molecule has 0 aromatic carbocycles. The summed E-state index contributed by atoms with van der Waals surface area (Å²) in [5.41, 5.74) is 2.27. The SMILES string of the molecule is CC(=N)/C=C(/C)Nc1nc(Cl)nc(N/C(C)=C\C(C)=N)n1. The predicted molar refractivity (Wildman–Crippen MR) is 86.4 cm³/mol. The van der Waals surface area contributed by atoms with Crippen LogP contribution in [0.2, 0.25) is 5.28 Å². The second-order valence-electron chi connectivity index (χ2n) is 4.52. The number of halogens is 1. The fraction of sp³-hybridized carbons (Fsp3) is 0.308. The lowest BCUT2D eigenvalue weighted by Crippen LogP contribution is -2.08. The van der Waals surface area contributed by atoms with E-state index < -0.39 is 0 Å². The third-order valence-electron chi connectivity index (χ3n) is 2.09. The molecular weight excluding hydrogens is 290 g/mol. The van der Waals surface area contributed by atoms with E-state index in [4.69, 9.17) is 22.4 Å². The summed E-state index contributed by atoms with van der Waals surface area (Å²) in [6, 6.07) is 0. The highest BCUT2D eigenvalue weighted by Crippen LogP contribution is 2.12. The fourth-order valence-corrected chi connectivity index (χ4v) is 1.70. The zero-order valence-electron chi connectivity index (χ0n) is 12.4. The maximum Gasteiger partial charge on any atom is 0.233 e. The number of hydrogen-bond donors (Lipinski definition) is 4. The topological polar surface area (TPSA) is 110 Å². The van der Waals surface area contributed by atoms with Gasteiger partial charge in [0.05, 0.1) is 0 Å². The van der Waals surface area contributed by atoms with Crippen molar-refractivity contribution in [2.24, 2.45) is 0 Å². The van der Waals surface area contributed by atoms with Crippen molar-refractivity contribution in [1.82, 2.24) is 15.0 Å². The van der Waals surface area contributed by atoms with Gasteiger partial charge in [0.15, 0.2) is 0 Å². The number of rotatable bonds is 6. The average Bonchev–Trinajstić information content (AvgIpc) is 2.24. The molecule has 112 valence electrons. The van der Waals surface area contributed by atoms with Crippen LogP contribution in [0, 0.1) is 10.8 Å². The maximum atomic E-state index is 7.40. The molecule has 7 nitrogen and oxygen atoms in total. The van der Waals surface area contributed by atoms with Gasteiger partial charge in [0.1, 0.15) is 0 Å². The van der Waals surface area contributed by atoms with E-state index in [0.29, 0.717) is 11.4 Å². The normalized spacial score (nSPS) is 12.0. The van der Waals surface area contributed by atoms with Crippen LogP contribution in [-0.2, 0) is 0 Å². The van der Waals surface area contributed by atoms with Gasteiger partial charge >= 0.3 is 0 Å². The van der Waals surface area contributed by atoms with Crippen molar-refractivity contribution in [2.75, 3.05) is 10.6 Å². The van der Waals surface area contributed by atoms with E-state index in [1.54, 1.807) is 39.8 Å². The first-order chi connectivity index (χ1) is 9.76. The molecule has 1 aromatic rings. The molecule has 0 aliphatic carbocycles. The van der Waals surface area contributed by atoms with Gasteiger partial charge < -0.3 is 21.5 Å². The number of hydrogen-bond acceptors (Lipinski definition) is 7. The van der Waals surface area contributed by atoms with Gasteiger partial charge in [-0.15, -0.1) is 0 Å². The van der Waals surface area contributed by atoms with Crippen molar-refractivity contribution in [3.05, 3.63) is 28.8 Å². The van der Waals surface area contributed by atoms with E-state index in [-0.39, 0.29) is 17.2 Å². The standard InChI is InChI=1S/C13H18ClN7/c1-7(15)5-9(3)17-12-19-11(14)20-13(21-12)18-10(4)6-8(2)16/h5-6,15-16H,1-4H3,(H2,17,18,19,20,21)/b9-5-,10-6-,15-7?,16-8?. The van der Waals surface area contributed by atoms with Gasteiger partial charge in [-0.2, -0.15) is 15.0 Å². The van der Waals surface area contributed by atoms with E-state index in [1.165, 1.54) is 0 Å². The zero-order chi connectivity index (χ0) is 16.0. The van der Waals surface area contributed by atoms with Crippen LogP contribution in [0.1, 0.15) is 27.7 Å². The molecule has 21 heavy (non-hydrogen) atoms. The van der Waals surface area contributed by atoms with Crippen LogP contribution < -0.4 is 10.6 Å². The van der Waals surface area contributed by atoms with Gasteiger partial charge in [-0.1, -0.05) is 0 Å². The molecule has 0 atom stereocenters. The number of nitrogens with zero attached hydrogens (tertiary/aromatic N) is 3. The molecule has 1 rings (SSSR count). The van der Waals surface area contributed by atoms with Crippen molar-refractivity contribution < 1.29 is 0 Å². The summed E-state index contributed by atoms with van der Waals surface area (Å²) in [5, 5.41) is 20.7. The van der Waals surface area contributed by atoms with Crippen molar-refractivity contribution in [2.45, 2.75) is 27.7 Å². The number of anilines is 2. The lowest BCUT2D eigenvalue weighted by atomic mass is 10.3. The summed E-state index contributed by atoms with van der Waals surface area (Å²) in [7, 11) is 0. The monoisotopic (exact) mass is 307 g/mol. The van der Waals surface area contributed by atoms with Gasteiger partial charge in [0.2, 0.25) is 17.2 Å². The molecule has 0 radical (unpaired) electrons.